The third-order valence-corrected chi connectivity index (χ3v) is 7.04. The number of hydrogen-bond acceptors (Lipinski definition) is 8. The Hall–Kier alpha value is -4.36. The lowest BCUT2D eigenvalue weighted by molar-refractivity contribution is 0.452. The number of pyridine rings is 4. The molecule has 180 valence electrons. The van der Waals surface area contributed by atoms with Gasteiger partial charge < -0.3 is 4.74 Å². The van der Waals surface area contributed by atoms with Gasteiger partial charge in [0, 0.05) is 42.0 Å². The smallest absolute Gasteiger partial charge is 0.263 e. The van der Waals surface area contributed by atoms with E-state index in [0.717, 1.165) is 29.8 Å². The molecule has 5 rings (SSSR count). The number of anilines is 1. The van der Waals surface area contributed by atoms with Crippen LogP contribution < -0.4 is 9.46 Å². The van der Waals surface area contributed by atoms with Gasteiger partial charge in [0.2, 0.25) is 5.88 Å². The fourth-order valence-electron chi connectivity index (χ4n) is 3.82. The molecule has 1 aliphatic rings. The van der Waals surface area contributed by atoms with Gasteiger partial charge in [-0.3, -0.25) is 19.7 Å². The number of hydrogen-bond donors (Lipinski definition) is 1. The topological polar surface area (TPSA) is 131 Å². The Balaban J connectivity index is 1.61. The summed E-state index contributed by atoms with van der Waals surface area (Å²) in [7, 11) is -3.95. The minimum atomic E-state index is -3.95. The Morgan fingerprint density at radius 2 is 1.89 bits per heavy atom. The van der Waals surface area contributed by atoms with E-state index in [4.69, 9.17) is 9.72 Å². The van der Waals surface area contributed by atoms with Gasteiger partial charge >= 0.3 is 0 Å². The molecule has 0 bridgehead atoms. The van der Waals surface area contributed by atoms with Crippen LogP contribution in [0.3, 0.4) is 0 Å². The maximum Gasteiger partial charge on any atom is 0.263 e. The van der Waals surface area contributed by atoms with Gasteiger partial charge in [-0.05, 0) is 68.7 Å². The third-order valence-electron chi connectivity index (χ3n) is 5.69. The number of nitrogens with zero attached hydrogens (tertiary/aromatic N) is 5. The summed E-state index contributed by atoms with van der Waals surface area (Å²) in [5.74, 6) is 0.935. The average molecular weight is 499 g/mol. The van der Waals surface area contributed by atoms with Crippen molar-refractivity contribution < 1.29 is 13.2 Å². The lowest BCUT2D eigenvalue weighted by atomic mass is 10.1. The van der Waals surface area contributed by atoms with Crippen LogP contribution in [0.15, 0.2) is 66.1 Å². The highest BCUT2D eigenvalue weighted by Gasteiger charge is 2.30. The van der Waals surface area contributed by atoms with Crippen molar-refractivity contribution in [2.24, 2.45) is 0 Å². The predicted octanol–water partition coefficient (Wildman–Crippen LogP) is 4.89. The van der Waals surface area contributed by atoms with E-state index in [1.54, 1.807) is 30.5 Å². The number of nitriles is 1. The SMILES string of the molecule is Cc1cc(C)c(Oc2nc(-c3cncc(C#N)c3)ccc2NS(=O)(=O)c2cccnc2)c(C2CC2)n1. The van der Waals surface area contributed by atoms with Crippen molar-refractivity contribution in [2.45, 2.75) is 37.5 Å². The van der Waals surface area contributed by atoms with E-state index in [1.165, 1.54) is 24.7 Å². The molecule has 0 atom stereocenters. The van der Waals surface area contributed by atoms with Crippen LogP contribution in [0, 0.1) is 25.2 Å². The molecule has 0 spiro atoms. The average Bonchev–Trinajstić information content (AvgIpc) is 3.72. The second kappa shape index (κ2) is 9.36. The van der Waals surface area contributed by atoms with E-state index in [-0.39, 0.29) is 16.5 Å². The molecular formula is C26H22N6O3S. The number of rotatable bonds is 7. The summed E-state index contributed by atoms with van der Waals surface area (Å²) in [6.45, 7) is 3.86. The maximum absolute atomic E-state index is 13.0. The first-order valence-electron chi connectivity index (χ1n) is 11.3. The van der Waals surface area contributed by atoms with E-state index >= 15 is 0 Å². The van der Waals surface area contributed by atoms with Crippen LogP contribution in [-0.4, -0.2) is 28.4 Å². The van der Waals surface area contributed by atoms with Crippen molar-refractivity contribution in [1.29, 1.82) is 5.26 Å². The highest BCUT2D eigenvalue weighted by molar-refractivity contribution is 7.92. The molecule has 1 aliphatic carbocycles. The van der Waals surface area contributed by atoms with Crippen molar-refractivity contribution in [3.05, 3.63) is 83.7 Å². The summed E-state index contributed by atoms with van der Waals surface area (Å²) < 4.78 is 35.0. The van der Waals surface area contributed by atoms with Gasteiger partial charge in [0.15, 0.2) is 5.75 Å². The molecule has 9 nitrogen and oxygen atoms in total. The van der Waals surface area contributed by atoms with Gasteiger partial charge in [-0.15, -0.1) is 0 Å². The Morgan fingerprint density at radius 3 is 2.61 bits per heavy atom. The van der Waals surface area contributed by atoms with Gasteiger partial charge in [-0.1, -0.05) is 0 Å². The van der Waals surface area contributed by atoms with E-state index in [1.807, 2.05) is 19.9 Å². The van der Waals surface area contributed by atoms with Gasteiger partial charge in [0.05, 0.1) is 17.0 Å². The van der Waals surface area contributed by atoms with Gasteiger partial charge in [-0.2, -0.15) is 5.26 Å². The van der Waals surface area contributed by atoms with Crippen molar-refractivity contribution >= 4 is 15.7 Å². The first kappa shape index (κ1) is 23.4. The van der Waals surface area contributed by atoms with Gasteiger partial charge in [0.1, 0.15) is 16.7 Å². The zero-order chi connectivity index (χ0) is 25.3. The summed E-state index contributed by atoms with van der Waals surface area (Å²) in [5, 5.41) is 9.26. The molecule has 0 saturated heterocycles. The molecule has 1 saturated carbocycles. The monoisotopic (exact) mass is 498 g/mol. The molecule has 0 radical (unpaired) electrons. The minimum Gasteiger partial charge on any atom is -0.435 e. The standard InChI is InChI=1S/C26H22N6O3S/c1-16-10-17(2)30-24(19-5-6-19)25(16)35-26-23(32-36(33,34)21-4-3-9-28-15-21)8-7-22(31-26)20-11-18(12-27)13-29-14-20/h3-4,7-11,13-15,19,32H,5-6H2,1-2H3. The number of nitrogens with one attached hydrogen (secondary N) is 1. The predicted molar refractivity (Wildman–Crippen MR) is 133 cm³/mol. The molecule has 0 aliphatic heterocycles. The van der Waals surface area contributed by atoms with Crippen LogP contribution in [0.1, 0.15) is 41.3 Å². The molecule has 4 aromatic heterocycles. The molecular weight excluding hydrogens is 476 g/mol. The molecule has 1 fully saturated rings. The lowest BCUT2D eigenvalue weighted by Gasteiger charge is -2.17. The van der Waals surface area contributed by atoms with Gasteiger partial charge in [0.25, 0.3) is 10.0 Å². The number of aromatic nitrogens is 4. The molecule has 4 aromatic rings. The highest BCUT2D eigenvalue weighted by Crippen LogP contribution is 2.46. The van der Waals surface area contributed by atoms with Crippen LogP contribution in [-0.2, 0) is 10.0 Å². The number of sulfonamides is 1. The lowest BCUT2D eigenvalue weighted by Crippen LogP contribution is -2.14. The molecule has 10 heteroatoms. The first-order chi connectivity index (χ1) is 17.3. The molecule has 0 unspecified atom stereocenters. The van der Waals surface area contributed by atoms with E-state index in [9.17, 15) is 13.7 Å². The summed E-state index contributed by atoms with van der Waals surface area (Å²) >= 11 is 0. The second-order valence-electron chi connectivity index (χ2n) is 8.59. The number of aryl methyl sites for hydroxylation is 2. The minimum absolute atomic E-state index is 0.0119. The Labute approximate surface area is 208 Å². The molecule has 36 heavy (non-hydrogen) atoms. The van der Waals surface area contributed by atoms with Crippen molar-refractivity contribution in [2.75, 3.05) is 4.72 Å². The van der Waals surface area contributed by atoms with Gasteiger partial charge in [-0.25, -0.2) is 13.4 Å². The molecule has 1 N–H and O–H groups in total. The summed E-state index contributed by atoms with van der Waals surface area (Å²) in [6.07, 6.45) is 7.85. The van der Waals surface area contributed by atoms with Crippen LogP contribution in [0.5, 0.6) is 11.6 Å². The molecule has 0 aromatic carbocycles. The third kappa shape index (κ3) is 4.87. The van der Waals surface area contributed by atoms with Crippen LogP contribution >= 0.6 is 0 Å². The quantitative estimate of drug-likeness (QED) is 0.381. The summed E-state index contributed by atoms with van der Waals surface area (Å²) in [6, 6.07) is 11.9. The number of ether oxygens (including phenoxy) is 1. The van der Waals surface area contributed by atoms with Crippen molar-refractivity contribution in [3.63, 3.8) is 0 Å². The highest BCUT2D eigenvalue weighted by atomic mass is 32.2. The van der Waals surface area contributed by atoms with Crippen LogP contribution in [0.25, 0.3) is 11.3 Å². The largest absolute Gasteiger partial charge is 0.435 e. The summed E-state index contributed by atoms with van der Waals surface area (Å²) in [4.78, 5) is 17.4. The van der Waals surface area contributed by atoms with Crippen molar-refractivity contribution in [1.82, 2.24) is 19.9 Å². The summed E-state index contributed by atoms with van der Waals surface area (Å²) in [5.41, 5.74) is 4.23. The van der Waals surface area contributed by atoms with E-state index in [0.29, 0.717) is 28.5 Å². The molecule has 0 amide bonds. The molecule has 4 heterocycles. The Morgan fingerprint density at radius 1 is 1.06 bits per heavy atom. The van der Waals surface area contributed by atoms with Crippen molar-refractivity contribution in [3.8, 4) is 29.0 Å². The van der Waals surface area contributed by atoms with E-state index < -0.39 is 10.0 Å². The maximum atomic E-state index is 13.0. The fraction of sp³-hybridized carbons (Fsp3) is 0.192. The first-order valence-corrected chi connectivity index (χ1v) is 12.8. The second-order valence-corrected chi connectivity index (χ2v) is 10.3. The fourth-order valence-corrected chi connectivity index (χ4v) is 4.84. The Bertz CT molecular complexity index is 1600. The van der Waals surface area contributed by atoms with Crippen LogP contribution in [0.4, 0.5) is 5.69 Å². The Kier molecular flexibility index (Phi) is 6.08. The van der Waals surface area contributed by atoms with E-state index in [2.05, 4.69) is 25.7 Å². The normalized spacial score (nSPS) is 13.1. The van der Waals surface area contributed by atoms with Crippen LogP contribution in [0.2, 0.25) is 0 Å². The zero-order valence-corrected chi connectivity index (χ0v) is 20.5. The zero-order valence-electron chi connectivity index (χ0n) is 19.6.